The van der Waals surface area contributed by atoms with Gasteiger partial charge in [-0.15, -0.1) is 22.7 Å². The van der Waals surface area contributed by atoms with Crippen molar-refractivity contribution in [2.75, 3.05) is 13.2 Å². The highest BCUT2D eigenvalue weighted by Crippen LogP contribution is 2.21. The summed E-state index contributed by atoms with van der Waals surface area (Å²) in [4.78, 5) is 6.68. The van der Waals surface area contributed by atoms with Crippen molar-refractivity contribution in [3.05, 3.63) is 62.2 Å². The van der Waals surface area contributed by atoms with Crippen molar-refractivity contribution >= 4 is 28.9 Å². The summed E-state index contributed by atoms with van der Waals surface area (Å²) in [6.45, 7) is 3.53. The van der Waals surface area contributed by atoms with Gasteiger partial charge in [0.2, 0.25) is 4.80 Å². The molecule has 4 rings (SSSR count). The van der Waals surface area contributed by atoms with Crippen LogP contribution in [0.2, 0.25) is 0 Å². The Balaban J connectivity index is 1.72. The molecule has 3 aromatic rings. The minimum Gasteiger partial charge on any atom is -0.376 e. The van der Waals surface area contributed by atoms with Crippen LogP contribution < -0.4 is 4.80 Å². The third-order valence-corrected chi connectivity index (χ3v) is 6.28. The Morgan fingerprint density at radius 2 is 2.11 bits per heavy atom. The topological polar surface area (TPSA) is 38.9 Å². The van der Waals surface area contributed by atoms with E-state index in [1.807, 2.05) is 16.3 Å². The van der Waals surface area contributed by atoms with Crippen molar-refractivity contribution in [3.8, 4) is 11.3 Å². The predicted molar refractivity (Wildman–Crippen MR) is 109 cm³/mol. The van der Waals surface area contributed by atoms with E-state index in [1.54, 1.807) is 23.5 Å². The van der Waals surface area contributed by atoms with Gasteiger partial charge in [0, 0.05) is 17.6 Å². The molecule has 0 aliphatic carbocycles. The van der Waals surface area contributed by atoms with E-state index in [4.69, 9.17) is 14.8 Å². The fourth-order valence-corrected chi connectivity index (χ4v) is 4.56. The molecule has 1 saturated heterocycles. The summed E-state index contributed by atoms with van der Waals surface area (Å²) in [5, 5.41) is 8.77. The molecule has 0 saturated carbocycles. The van der Waals surface area contributed by atoms with E-state index < -0.39 is 0 Å². The fraction of sp³-hybridized carbons (Fsp3) is 0.300. The highest BCUT2D eigenvalue weighted by Gasteiger charge is 2.15. The summed E-state index contributed by atoms with van der Waals surface area (Å²) in [6.07, 6.45) is 4.21. The maximum absolute atomic E-state index is 13.3. The zero-order valence-electron chi connectivity index (χ0n) is 15.0. The predicted octanol–water partition coefficient (Wildman–Crippen LogP) is 4.69. The lowest BCUT2D eigenvalue weighted by Gasteiger charge is -2.05. The summed E-state index contributed by atoms with van der Waals surface area (Å²) < 4.78 is 20.8. The third-order valence-electron chi connectivity index (χ3n) is 4.47. The molecule has 140 valence electrons. The number of ether oxygens (including phenoxy) is 1. The maximum Gasteiger partial charge on any atom is 0.206 e. The van der Waals surface area contributed by atoms with Crippen LogP contribution in [0.25, 0.3) is 11.3 Å². The first-order valence-electron chi connectivity index (χ1n) is 8.88. The number of nitrogens with zero attached hydrogens (tertiary/aromatic N) is 3. The van der Waals surface area contributed by atoms with E-state index in [1.165, 1.54) is 29.0 Å². The van der Waals surface area contributed by atoms with E-state index in [9.17, 15) is 4.39 Å². The molecule has 1 aliphatic rings. The molecule has 1 aliphatic heterocycles. The van der Waals surface area contributed by atoms with Crippen LogP contribution in [0.15, 0.2) is 51.2 Å². The van der Waals surface area contributed by atoms with Crippen molar-refractivity contribution in [3.63, 3.8) is 0 Å². The van der Waals surface area contributed by atoms with Crippen LogP contribution in [0.5, 0.6) is 0 Å². The minimum absolute atomic E-state index is 0.193. The summed E-state index contributed by atoms with van der Waals surface area (Å²) in [7, 11) is 0. The fourth-order valence-electron chi connectivity index (χ4n) is 2.93. The first-order valence-corrected chi connectivity index (χ1v) is 10.6. The molecular formula is C20H20FN3OS2. The molecule has 4 nitrogen and oxygen atoms in total. The summed E-state index contributed by atoms with van der Waals surface area (Å²) in [6, 6.07) is 8.54. The van der Waals surface area contributed by atoms with Crippen LogP contribution in [-0.4, -0.2) is 30.1 Å². The molecule has 0 radical (unpaired) electrons. The van der Waals surface area contributed by atoms with Crippen molar-refractivity contribution in [2.45, 2.75) is 25.9 Å². The zero-order valence-corrected chi connectivity index (χ0v) is 16.6. The van der Waals surface area contributed by atoms with Crippen LogP contribution >= 0.6 is 22.7 Å². The molecule has 0 spiro atoms. The van der Waals surface area contributed by atoms with E-state index in [-0.39, 0.29) is 11.9 Å². The number of benzene rings is 1. The lowest BCUT2D eigenvalue weighted by molar-refractivity contribution is 0.117. The Morgan fingerprint density at radius 3 is 2.81 bits per heavy atom. The molecule has 27 heavy (non-hydrogen) atoms. The van der Waals surface area contributed by atoms with Gasteiger partial charge >= 0.3 is 0 Å². The van der Waals surface area contributed by atoms with E-state index in [0.29, 0.717) is 6.54 Å². The summed E-state index contributed by atoms with van der Waals surface area (Å²) >= 11 is 3.19. The molecule has 3 heterocycles. The van der Waals surface area contributed by atoms with Gasteiger partial charge in [0.1, 0.15) is 5.82 Å². The lowest BCUT2D eigenvalue weighted by atomic mass is 10.2. The van der Waals surface area contributed by atoms with Gasteiger partial charge in [-0.05, 0) is 61.0 Å². The first-order chi connectivity index (χ1) is 13.2. The summed E-state index contributed by atoms with van der Waals surface area (Å²) in [5.74, 6) is -0.249. The van der Waals surface area contributed by atoms with Crippen LogP contribution in [0.3, 0.4) is 0 Å². The van der Waals surface area contributed by atoms with Crippen LogP contribution in [0, 0.1) is 12.7 Å². The number of halogens is 1. The maximum atomic E-state index is 13.3. The second-order valence-electron chi connectivity index (χ2n) is 6.41. The van der Waals surface area contributed by atoms with Crippen molar-refractivity contribution in [1.82, 2.24) is 4.68 Å². The second-order valence-corrected chi connectivity index (χ2v) is 8.19. The van der Waals surface area contributed by atoms with Gasteiger partial charge in [-0.25, -0.2) is 9.07 Å². The molecule has 0 unspecified atom stereocenters. The van der Waals surface area contributed by atoms with Gasteiger partial charge in [-0.3, -0.25) is 4.99 Å². The number of aryl methyl sites for hydroxylation is 1. The normalized spacial score (nSPS) is 18.0. The summed E-state index contributed by atoms with van der Waals surface area (Å²) in [5.41, 5.74) is 3.00. The van der Waals surface area contributed by atoms with Gasteiger partial charge in [0.25, 0.3) is 0 Å². The van der Waals surface area contributed by atoms with Crippen molar-refractivity contribution < 1.29 is 9.13 Å². The average molecular weight is 402 g/mol. The van der Waals surface area contributed by atoms with Gasteiger partial charge in [-0.1, -0.05) is 0 Å². The lowest BCUT2D eigenvalue weighted by Crippen LogP contribution is -2.17. The van der Waals surface area contributed by atoms with Crippen LogP contribution in [-0.2, 0) is 4.74 Å². The Hall–Kier alpha value is -2.09. The number of aromatic nitrogens is 1. The van der Waals surface area contributed by atoms with E-state index in [0.717, 1.165) is 40.4 Å². The van der Waals surface area contributed by atoms with Gasteiger partial charge < -0.3 is 4.74 Å². The van der Waals surface area contributed by atoms with Crippen LogP contribution in [0.4, 0.5) is 4.39 Å². The largest absolute Gasteiger partial charge is 0.376 e. The SMILES string of the molecule is Cc1ccsc1/C=N\n1c(-c2ccc(F)cc2)csc1=NC[C@H]1CCCO1. The Morgan fingerprint density at radius 1 is 1.26 bits per heavy atom. The average Bonchev–Trinajstić information content (AvgIpc) is 3.40. The standard InChI is InChI=1S/C20H20FN3OS2/c1-14-8-10-26-19(14)12-23-24-18(15-4-6-16(21)7-5-15)13-27-20(24)22-11-17-3-2-9-25-17/h4-8,10,12-13,17H,2-3,9,11H2,1H3/b22-20?,23-12-/t17-/m1/s1. The second kappa shape index (κ2) is 8.29. The molecule has 0 amide bonds. The van der Waals surface area contributed by atoms with Crippen molar-refractivity contribution in [2.24, 2.45) is 10.1 Å². The number of thiophene rings is 1. The third kappa shape index (κ3) is 4.26. The monoisotopic (exact) mass is 401 g/mol. The molecule has 7 heteroatoms. The Labute approximate surface area is 165 Å². The van der Waals surface area contributed by atoms with Gasteiger partial charge in [0.05, 0.1) is 29.4 Å². The Kier molecular flexibility index (Phi) is 5.61. The highest BCUT2D eigenvalue weighted by atomic mass is 32.1. The molecule has 0 N–H and O–H groups in total. The highest BCUT2D eigenvalue weighted by molar-refractivity contribution is 7.11. The van der Waals surface area contributed by atoms with E-state index >= 15 is 0 Å². The first kappa shape index (κ1) is 18.3. The van der Waals surface area contributed by atoms with Crippen molar-refractivity contribution in [1.29, 1.82) is 0 Å². The number of thiazole rings is 1. The number of hydrogen-bond donors (Lipinski definition) is 0. The number of hydrogen-bond acceptors (Lipinski definition) is 5. The van der Waals surface area contributed by atoms with Gasteiger partial charge in [0.15, 0.2) is 0 Å². The molecule has 1 atom stereocenters. The number of rotatable bonds is 5. The molecular weight excluding hydrogens is 381 g/mol. The molecule has 2 aromatic heterocycles. The quantitative estimate of drug-likeness (QED) is 0.572. The molecule has 0 bridgehead atoms. The molecule has 1 aromatic carbocycles. The minimum atomic E-state index is -0.249. The zero-order chi connectivity index (χ0) is 18.6. The van der Waals surface area contributed by atoms with Crippen LogP contribution in [0.1, 0.15) is 23.3 Å². The Bertz CT molecular complexity index is 995. The van der Waals surface area contributed by atoms with Gasteiger partial charge in [-0.2, -0.15) is 5.10 Å². The van der Waals surface area contributed by atoms with E-state index in [2.05, 4.69) is 18.4 Å². The smallest absolute Gasteiger partial charge is 0.206 e. The molecule has 1 fully saturated rings.